The summed E-state index contributed by atoms with van der Waals surface area (Å²) < 4.78 is 0. The van der Waals surface area contributed by atoms with E-state index in [0.717, 1.165) is 6.42 Å². The number of carboxylic acids is 1. The van der Waals surface area contributed by atoms with Gasteiger partial charge < -0.3 is 10.4 Å². The van der Waals surface area contributed by atoms with E-state index in [9.17, 15) is 4.79 Å². The van der Waals surface area contributed by atoms with Crippen molar-refractivity contribution in [3.63, 3.8) is 0 Å². The standard InChI is InChI=1S/C10H15N3O2/c1-8(4-2-5-9(14)15)13-10-11-6-3-7-12-10/h3,6-8H,2,4-5H2,1H3,(H,14,15)(H,11,12,13). The fraction of sp³-hybridized carbons (Fsp3) is 0.500. The van der Waals surface area contributed by atoms with Crippen molar-refractivity contribution in [3.05, 3.63) is 18.5 Å². The number of aliphatic carboxylic acids is 1. The van der Waals surface area contributed by atoms with Crippen LogP contribution in [0, 0.1) is 0 Å². The number of carboxylic acid groups (broad SMARTS) is 1. The zero-order valence-corrected chi connectivity index (χ0v) is 8.68. The number of aromatic nitrogens is 2. The predicted octanol–water partition coefficient (Wildman–Crippen LogP) is 1.53. The molecule has 1 heterocycles. The molecule has 0 radical (unpaired) electrons. The van der Waals surface area contributed by atoms with Crippen molar-refractivity contribution >= 4 is 11.9 Å². The van der Waals surface area contributed by atoms with Gasteiger partial charge in [-0.3, -0.25) is 4.79 Å². The number of nitrogens with zero attached hydrogens (tertiary/aromatic N) is 2. The van der Waals surface area contributed by atoms with E-state index in [-0.39, 0.29) is 12.5 Å². The summed E-state index contributed by atoms with van der Waals surface area (Å²) in [4.78, 5) is 18.3. The van der Waals surface area contributed by atoms with Gasteiger partial charge in [-0.25, -0.2) is 9.97 Å². The van der Waals surface area contributed by atoms with Crippen molar-refractivity contribution in [3.8, 4) is 0 Å². The average molecular weight is 209 g/mol. The summed E-state index contributed by atoms with van der Waals surface area (Å²) >= 11 is 0. The summed E-state index contributed by atoms with van der Waals surface area (Å²) in [6, 6.07) is 1.94. The molecule has 1 atom stereocenters. The molecule has 1 aromatic rings. The molecule has 1 unspecified atom stereocenters. The first-order valence-corrected chi connectivity index (χ1v) is 4.94. The van der Waals surface area contributed by atoms with Crippen LogP contribution in [-0.2, 0) is 4.79 Å². The van der Waals surface area contributed by atoms with Crippen molar-refractivity contribution < 1.29 is 9.90 Å². The molecule has 0 saturated carbocycles. The molecule has 0 saturated heterocycles. The summed E-state index contributed by atoms with van der Waals surface area (Å²) in [5, 5.41) is 11.6. The SMILES string of the molecule is CC(CCCC(=O)O)Nc1ncccn1. The van der Waals surface area contributed by atoms with Crippen molar-refractivity contribution in [2.45, 2.75) is 32.2 Å². The van der Waals surface area contributed by atoms with E-state index >= 15 is 0 Å². The van der Waals surface area contributed by atoms with Gasteiger partial charge in [-0.15, -0.1) is 0 Å². The molecule has 82 valence electrons. The maximum Gasteiger partial charge on any atom is 0.303 e. The van der Waals surface area contributed by atoms with Crippen LogP contribution in [0.25, 0.3) is 0 Å². The minimum Gasteiger partial charge on any atom is -0.481 e. The second-order valence-electron chi connectivity index (χ2n) is 3.40. The zero-order chi connectivity index (χ0) is 11.1. The van der Waals surface area contributed by atoms with E-state index in [1.165, 1.54) is 0 Å². The molecule has 0 aliphatic heterocycles. The lowest BCUT2D eigenvalue weighted by molar-refractivity contribution is -0.137. The molecular formula is C10H15N3O2. The maximum absolute atomic E-state index is 10.3. The number of rotatable bonds is 6. The highest BCUT2D eigenvalue weighted by molar-refractivity contribution is 5.66. The van der Waals surface area contributed by atoms with E-state index in [2.05, 4.69) is 15.3 Å². The molecule has 5 nitrogen and oxygen atoms in total. The minimum absolute atomic E-state index is 0.187. The van der Waals surface area contributed by atoms with Gasteiger partial charge in [0.05, 0.1) is 0 Å². The highest BCUT2D eigenvalue weighted by Gasteiger charge is 2.04. The van der Waals surface area contributed by atoms with Gasteiger partial charge in [0.2, 0.25) is 5.95 Å². The van der Waals surface area contributed by atoms with Gasteiger partial charge in [0.25, 0.3) is 0 Å². The van der Waals surface area contributed by atoms with Crippen LogP contribution >= 0.6 is 0 Å². The van der Waals surface area contributed by atoms with Crippen LogP contribution in [0.3, 0.4) is 0 Å². The first-order chi connectivity index (χ1) is 7.18. The van der Waals surface area contributed by atoms with Crippen molar-refractivity contribution in [1.29, 1.82) is 0 Å². The van der Waals surface area contributed by atoms with Crippen LogP contribution in [-0.4, -0.2) is 27.1 Å². The Morgan fingerprint density at radius 3 is 2.80 bits per heavy atom. The number of hydrogen-bond acceptors (Lipinski definition) is 4. The number of nitrogens with one attached hydrogen (secondary N) is 1. The monoisotopic (exact) mass is 209 g/mol. The van der Waals surface area contributed by atoms with Crippen LogP contribution < -0.4 is 5.32 Å². The van der Waals surface area contributed by atoms with Crippen LogP contribution in [0.15, 0.2) is 18.5 Å². The molecule has 2 N–H and O–H groups in total. The quantitative estimate of drug-likeness (QED) is 0.743. The Morgan fingerprint density at radius 1 is 1.53 bits per heavy atom. The Kier molecular flexibility index (Phi) is 4.53. The first kappa shape index (κ1) is 11.4. The Balaban J connectivity index is 2.24. The van der Waals surface area contributed by atoms with E-state index in [4.69, 9.17) is 5.11 Å². The molecule has 0 aromatic carbocycles. The van der Waals surface area contributed by atoms with Gasteiger partial charge in [0.15, 0.2) is 0 Å². The van der Waals surface area contributed by atoms with Gasteiger partial charge in [-0.1, -0.05) is 0 Å². The maximum atomic E-state index is 10.3. The summed E-state index contributed by atoms with van der Waals surface area (Å²) in [6.07, 6.45) is 5.00. The second kappa shape index (κ2) is 5.95. The molecule has 0 amide bonds. The lowest BCUT2D eigenvalue weighted by Gasteiger charge is -2.12. The summed E-state index contributed by atoms with van der Waals surface area (Å²) in [7, 11) is 0. The first-order valence-electron chi connectivity index (χ1n) is 4.94. The molecule has 0 aliphatic rings. The molecule has 0 fully saturated rings. The molecule has 1 rings (SSSR count). The Labute approximate surface area is 88.6 Å². The minimum atomic E-state index is -0.752. The smallest absolute Gasteiger partial charge is 0.303 e. The normalized spacial score (nSPS) is 12.1. The fourth-order valence-corrected chi connectivity index (χ4v) is 1.23. The van der Waals surface area contributed by atoms with Gasteiger partial charge in [-0.05, 0) is 25.8 Å². The third kappa shape index (κ3) is 4.95. The van der Waals surface area contributed by atoms with Crippen LogP contribution in [0.5, 0.6) is 0 Å². The van der Waals surface area contributed by atoms with Gasteiger partial charge in [0, 0.05) is 24.9 Å². The Morgan fingerprint density at radius 2 is 2.20 bits per heavy atom. The number of anilines is 1. The van der Waals surface area contributed by atoms with Crippen molar-refractivity contribution in [2.75, 3.05) is 5.32 Å². The Hall–Kier alpha value is -1.65. The van der Waals surface area contributed by atoms with Gasteiger partial charge in [-0.2, -0.15) is 0 Å². The molecule has 0 aliphatic carbocycles. The zero-order valence-electron chi connectivity index (χ0n) is 8.68. The van der Waals surface area contributed by atoms with Gasteiger partial charge in [0.1, 0.15) is 0 Å². The van der Waals surface area contributed by atoms with Crippen molar-refractivity contribution in [1.82, 2.24) is 9.97 Å². The molecular weight excluding hydrogens is 194 g/mol. The summed E-state index contributed by atoms with van der Waals surface area (Å²) in [5.74, 6) is -0.168. The van der Waals surface area contributed by atoms with E-state index in [1.807, 2.05) is 6.92 Å². The van der Waals surface area contributed by atoms with Crippen LogP contribution in [0.4, 0.5) is 5.95 Å². The number of hydrogen-bond donors (Lipinski definition) is 2. The summed E-state index contributed by atoms with van der Waals surface area (Å²) in [5.41, 5.74) is 0. The van der Waals surface area contributed by atoms with Crippen LogP contribution in [0.1, 0.15) is 26.2 Å². The molecule has 1 aromatic heterocycles. The number of carbonyl (C=O) groups is 1. The summed E-state index contributed by atoms with van der Waals surface area (Å²) in [6.45, 7) is 1.98. The van der Waals surface area contributed by atoms with Crippen LogP contribution in [0.2, 0.25) is 0 Å². The highest BCUT2D eigenvalue weighted by Crippen LogP contribution is 2.05. The largest absolute Gasteiger partial charge is 0.481 e. The molecule has 0 bridgehead atoms. The fourth-order valence-electron chi connectivity index (χ4n) is 1.23. The van der Waals surface area contributed by atoms with Gasteiger partial charge >= 0.3 is 5.97 Å². The highest BCUT2D eigenvalue weighted by atomic mass is 16.4. The Bertz CT molecular complexity index is 303. The topological polar surface area (TPSA) is 75.1 Å². The average Bonchev–Trinajstić information content (AvgIpc) is 2.18. The second-order valence-corrected chi connectivity index (χ2v) is 3.40. The molecule has 15 heavy (non-hydrogen) atoms. The van der Waals surface area contributed by atoms with E-state index in [1.54, 1.807) is 18.5 Å². The lowest BCUT2D eigenvalue weighted by Crippen LogP contribution is -2.17. The van der Waals surface area contributed by atoms with E-state index in [0.29, 0.717) is 12.4 Å². The lowest BCUT2D eigenvalue weighted by atomic mass is 10.1. The third-order valence-electron chi connectivity index (χ3n) is 1.97. The predicted molar refractivity (Wildman–Crippen MR) is 56.6 cm³/mol. The van der Waals surface area contributed by atoms with E-state index < -0.39 is 5.97 Å². The molecule has 0 spiro atoms. The van der Waals surface area contributed by atoms with Crippen molar-refractivity contribution in [2.24, 2.45) is 0 Å². The molecule has 5 heteroatoms. The third-order valence-corrected chi connectivity index (χ3v) is 1.97.